The van der Waals surface area contributed by atoms with Crippen molar-refractivity contribution in [3.05, 3.63) is 42.0 Å². The second kappa shape index (κ2) is 5.24. The molecule has 1 rings (SSSR count). The number of halogens is 1. The number of carbonyl (C=O) groups is 1. The monoisotopic (exact) mass is 166 g/mol. The van der Waals surface area contributed by atoms with Crippen LogP contribution in [0.25, 0.3) is 6.08 Å². The molecule has 0 radical (unpaired) electrons. The van der Waals surface area contributed by atoms with E-state index < -0.39 is 0 Å². The highest BCUT2D eigenvalue weighted by molar-refractivity contribution is 5.91. The minimum absolute atomic E-state index is 0. The van der Waals surface area contributed by atoms with E-state index in [1.54, 1.807) is 13.0 Å². The van der Waals surface area contributed by atoms with Crippen molar-refractivity contribution in [1.29, 1.82) is 0 Å². The zero-order valence-electron chi connectivity index (χ0n) is 6.86. The number of carbonyl (C=O) groups excluding carboxylic acids is 1. The number of benzene rings is 1. The SMILES string of the molecule is CC(=O)C=Cc1ccccc1.F. The summed E-state index contributed by atoms with van der Waals surface area (Å²) in [5.41, 5.74) is 1.06. The summed E-state index contributed by atoms with van der Waals surface area (Å²) in [5, 5.41) is 0. The Morgan fingerprint density at radius 3 is 2.33 bits per heavy atom. The van der Waals surface area contributed by atoms with Gasteiger partial charge < -0.3 is 0 Å². The van der Waals surface area contributed by atoms with E-state index in [9.17, 15) is 4.79 Å². The predicted molar refractivity (Wildman–Crippen MR) is 48.7 cm³/mol. The maximum absolute atomic E-state index is 10.5. The molecule has 0 heterocycles. The van der Waals surface area contributed by atoms with E-state index in [-0.39, 0.29) is 10.5 Å². The van der Waals surface area contributed by atoms with Gasteiger partial charge in [-0.1, -0.05) is 36.4 Å². The van der Waals surface area contributed by atoms with Gasteiger partial charge in [0.2, 0.25) is 0 Å². The van der Waals surface area contributed by atoms with Crippen molar-refractivity contribution in [2.75, 3.05) is 0 Å². The van der Waals surface area contributed by atoms with Crippen molar-refractivity contribution in [3.8, 4) is 0 Å². The van der Waals surface area contributed by atoms with Gasteiger partial charge in [-0.25, -0.2) is 0 Å². The van der Waals surface area contributed by atoms with Crippen LogP contribution >= 0.6 is 0 Å². The van der Waals surface area contributed by atoms with Crippen molar-refractivity contribution in [1.82, 2.24) is 0 Å². The number of ketones is 1. The van der Waals surface area contributed by atoms with Crippen LogP contribution < -0.4 is 0 Å². The van der Waals surface area contributed by atoms with Gasteiger partial charge in [-0.3, -0.25) is 9.50 Å². The van der Waals surface area contributed by atoms with Gasteiger partial charge in [0.25, 0.3) is 0 Å². The number of rotatable bonds is 2. The van der Waals surface area contributed by atoms with Crippen molar-refractivity contribution < 1.29 is 9.50 Å². The molecule has 0 amide bonds. The largest absolute Gasteiger partial charge is 0.295 e. The van der Waals surface area contributed by atoms with E-state index in [0.717, 1.165) is 5.56 Å². The summed E-state index contributed by atoms with van der Waals surface area (Å²) in [7, 11) is 0. The van der Waals surface area contributed by atoms with Gasteiger partial charge >= 0.3 is 0 Å². The Balaban J connectivity index is 0.00000121. The summed E-state index contributed by atoms with van der Waals surface area (Å²) in [6, 6.07) is 9.75. The van der Waals surface area contributed by atoms with Crippen LogP contribution in [0, 0.1) is 0 Å². The van der Waals surface area contributed by atoms with E-state index in [1.165, 1.54) is 0 Å². The molecule has 0 fully saturated rings. The molecule has 64 valence electrons. The molecular weight excluding hydrogens is 155 g/mol. The van der Waals surface area contributed by atoms with Gasteiger partial charge in [0, 0.05) is 0 Å². The van der Waals surface area contributed by atoms with Crippen molar-refractivity contribution in [2.45, 2.75) is 6.92 Å². The molecule has 0 bridgehead atoms. The molecule has 12 heavy (non-hydrogen) atoms. The van der Waals surface area contributed by atoms with Crippen LogP contribution in [-0.4, -0.2) is 5.78 Å². The van der Waals surface area contributed by atoms with Gasteiger partial charge in [-0.15, -0.1) is 0 Å². The van der Waals surface area contributed by atoms with Gasteiger partial charge in [0.05, 0.1) is 0 Å². The van der Waals surface area contributed by atoms with Crippen molar-refractivity contribution >= 4 is 11.9 Å². The lowest BCUT2D eigenvalue weighted by atomic mass is 10.2. The minimum atomic E-state index is 0. The third-order valence-corrected chi connectivity index (χ3v) is 1.31. The second-order valence-corrected chi connectivity index (χ2v) is 2.35. The lowest BCUT2D eigenvalue weighted by Crippen LogP contribution is -1.79. The first-order valence-electron chi connectivity index (χ1n) is 3.53. The first-order valence-corrected chi connectivity index (χ1v) is 3.53. The first kappa shape index (κ1) is 10.6. The molecule has 0 spiro atoms. The Morgan fingerprint density at radius 1 is 1.25 bits per heavy atom. The quantitative estimate of drug-likeness (QED) is 0.617. The molecular formula is C10H11FO. The van der Waals surface area contributed by atoms with Gasteiger partial charge in [0.15, 0.2) is 5.78 Å². The Morgan fingerprint density at radius 2 is 1.83 bits per heavy atom. The fourth-order valence-electron chi connectivity index (χ4n) is 0.778. The number of hydrogen-bond donors (Lipinski definition) is 0. The van der Waals surface area contributed by atoms with Crippen LogP contribution in [0.5, 0.6) is 0 Å². The molecule has 0 atom stereocenters. The third-order valence-electron chi connectivity index (χ3n) is 1.31. The Bertz CT molecular complexity index is 264. The van der Waals surface area contributed by atoms with Crippen molar-refractivity contribution in [3.63, 3.8) is 0 Å². The lowest BCUT2D eigenvalue weighted by Gasteiger charge is -1.88. The predicted octanol–water partition coefficient (Wildman–Crippen LogP) is 2.44. The highest BCUT2D eigenvalue weighted by Gasteiger charge is 1.83. The zero-order chi connectivity index (χ0) is 8.10. The molecule has 0 aliphatic carbocycles. The molecule has 2 heteroatoms. The molecule has 0 N–H and O–H groups in total. The van der Waals surface area contributed by atoms with Crippen LogP contribution in [0.4, 0.5) is 4.70 Å². The van der Waals surface area contributed by atoms with Gasteiger partial charge in [-0.2, -0.15) is 0 Å². The van der Waals surface area contributed by atoms with E-state index in [2.05, 4.69) is 0 Å². The maximum atomic E-state index is 10.5. The molecule has 0 aliphatic rings. The zero-order valence-corrected chi connectivity index (χ0v) is 6.86. The van der Waals surface area contributed by atoms with Gasteiger partial charge in [-0.05, 0) is 18.6 Å². The van der Waals surface area contributed by atoms with Crippen LogP contribution in [0.15, 0.2) is 36.4 Å². The molecule has 1 aromatic carbocycles. The fourth-order valence-corrected chi connectivity index (χ4v) is 0.778. The number of hydrogen-bond acceptors (Lipinski definition) is 1. The second-order valence-electron chi connectivity index (χ2n) is 2.35. The molecule has 0 unspecified atom stereocenters. The Kier molecular flexibility index (Phi) is 4.61. The van der Waals surface area contributed by atoms with E-state index in [4.69, 9.17) is 0 Å². The highest BCUT2D eigenvalue weighted by Crippen LogP contribution is 2.00. The van der Waals surface area contributed by atoms with Crippen molar-refractivity contribution in [2.24, 2.45) is 0 Å². The Hall–Kier alpha value is -1.44. The summed E-state index contributed by atoms with van der Waals surface area (Å²) >= 11 is 0. The van der Waals surface area contributed by atoms with E-state index in [0.29, 0.717) is 0 Å². The number of allylic oxidation sites excluding steroid dienone is 1. The van der Waals surface area contributed by atoms with Crippen LogP contribution in [-0.2, 0) is 4.79 Å². The highest BCUT2D eigenvalue weighted by atomic mass is 19.0. The molecule has 0 aliphatic heterocycles. The molecule has 1 nitrogen and oxygen atoms in total. The summed E-state index contributed by atoms with van der Waals surface area (Å²) < 4.78 is 0. The van der Waals surface area contributed by atoms with E-state index in [1.807, 2.05) is 36.4 Å². The normalized spacial score (nSPS) is 9.42. The molecule has 0 aromatic heterocycles. The summed E-state index contributed by atoms with van der Waals surface area (Å²) in [4.78, 5) is 10.5. The average Bonchev–Trinajstić information content (AvgIpc) is 2.03. The first-order chi connectivity index (χ1) is 5.29. The summed E-state index contributed by atoms with van der Waals surface area (Å²) in [6.07, 6.45) is 3.37. The summed E-state index contributed by atoms with van der Waals surface area (Å²) in [5.74, 6) is 0.0776. The van der Waals surface area contributed by atoms with E-state index >= 15 is 0 Å². The molecule has 0 saturated heterocycles. The van der Waals surface area contributed by atoms with Crippen LogP contribution in [0.2, 0.25) is 0 Å². The summed E-state index contributed by atoms with van der Waals surface area (Å²) in [6.45, 7) is 1.54. The maximum Gasteiger partial charge on any atom is 0.152 e. The fraction of sp³-hybridized carbons (Fsp3) is 0.100. The van der Waals surface area contributed by atoms with Crippen LogP contribution in [0.1, 0.15) is 12.5 Å². The topological polar surface area (TPSA) is 17.1 Å². The standard InChI is InChI=1S/C10H10O.FH/c1-9(11)7-8-10-5-3-2-4-6-10;/h2-8H,1H3;1H. The molecule has 0 saturated carbocycles. The van der Waals surface area contributed by atoms with Gasteiger partial charge in [0.1, 0.15) is 0 Å². The minimum Gasteiger partial charge on any atom is -0.295 e. The molecule has 1 aromatic rings. The lowest BCUT2D eigenvalue weighted by molar-refractivity contribution is -0.112. The Labute approximate surface area is 71.1 Å². The third kappa shape index (κ3) is 3.66. The average molecular weight is 166 g/mol. The van der Waals surface area contributed by atoms with Crippen LogP contribution in [0.3, 0.4) is 0 Å². The smallest absolute Gasteiger partial charge is 0.152 e.